The summed E-state index contributed by atoms with van der Waals surface area (Å²) in [4.78, 5) is 23.9. The molecule has 2 aromatic carbocycles. The highest BCUT2D eigenvalue weighted by atomic mass is 19.3. The highest BCUT2D eigenvalue weighted by Crippen LogP contribution is 2.20. The number of hydrogen-bond acceptors (Lipinski definition) is 4. The molecule has 0 atom stereocenters. The fourth-order valence-corrected chi connectivity index (χ4v) is 2.15. The Morgan fingerprint density at radius 3 is 2.58 bits per heavy atom. The smallest absolute Gasteiger partial charge is 0.387 e. The van der Waals surface area contributed by atoms with Gasteiger partial charge in [0, 0.05) is 6.54 Å². The minimum Gasteiger partial charge on any atom is -0.497 e. The molecule has 2 rings (SSSR count). The number of hydrogen-bond donors (Lipinski definition) is 2. The number of methoxy groups -OCH3 is 1. The predicted octanol–water partition coefficient (Wildman–Crippen LogP) is 2.34. The van der Waals surface area contributed by atoms with Crippen LogP contribution in [0.2, 0.25) is 0 Å². The van der Waals surface area contributed by atoms with E-state index in [2.05, 4.69) is 15.4 Å². The van der Waals surface area contributed by atoms with Gasteiger partial charge in [0.25, 0.3) is 5.91 Å². The van der Waals surface area contributed by atoms with Gasteiger partial charge in [-0.1, -0.05) is 24.3 Å². The average molecular weight is 364 g/mol. The van der Waals surface area contributed by atoms with Crippen molar-refractivity contribution < 1.29 is 27.8 Å². The van der Waals surface area contributed by atoms with E-state index < -0.39 is 18.4 Å². The molecule has 0 saturated heterocycles. The monoisotopic (exact) mass is 364 g/mol. The molecular formula is C18H18F2N2O4. The summed E-state index contributed by atoms with van der Waals surface area (Å²) in [5, 5.41) is 5.01. The lowest BCUT2D eigenvalue weighted by molar-refractivity contribution is -0.120. The lowest BCUT2D eigenvalue weighted by Gasteiger charge is -2.11. The fourth-order valence-electron chi connectivity index (χ4n) is 2.15. The molecule has 0 aliphatic rings. The summed E-state index contributed by atoms with van der Waals surface area (Å²) >= 11 is 0. The van der Waals surface area contributed by atoms with Gasteiger partial charge < -0.3 is 20.1 Å². The summed E-state index contributed by atoms with van der Waals surface area (Å²) in [7, 11) is 1.54. The lowest BCUT2D eigenvalue weighted by Crippen LogP contribution is -2.36. The maximum Gasteiger partial charge on any atom is 0.387 e. The van der Waals surface area contributed by atoms with Crippen molar-refractivity contribution >= 4 is 11.8 Å². The van der Waals surface area contributed by atoms with Gasteiger partial charge in [-0.05, 0) is 29.8 Å². The molecule has 0 radical (unpaired) electrons. The van der Waals surface area contributed by atoms with Crippen molar-refractivity contribution in [2.45, 2.75) is 13.2 Å². The van der Waals surface area contributed by atoms with Gasteiger partial charge in [0.1, 0.15) is 11.5 Å². The van der Waals surface area contributed by atoms with Gasteiger partial charge in [-0.15, -0.1) is 0 Å². The molecule has 0 heterocycles. The molecule has 0 unspecified atom stereocenters. The molecule has 0 aromatic heterocycles. The largest absolute Gasteiger partial charge is 0.497 e. The number of benzene rings is 2. The number of carbonyl (C=O) groups excluding carboxylic acids is 2. The molecule has 8 heteroatoms. The summed E-state index contributed by atoms with van der Waals surface area (Å²) in [6.07, 6.45) is 0. The number of carbonyl (C=O) groups is 2. The molecule has 6 nitrogen and oxygen atoms in total. The number of nitrogens with one attached hydrogen (secondary N) is 2. The van der Waals surface area contributed by atoms with E-state index in [9.17, 15) is 18.4 Å². The molecule has 0 aliphatic heterocycles. The maximum atomic E-state index is 12.4. The van der Waals surface area contributed by atoms with Crippen LogP contribution in [-0.2, 0) is 11.3 Å². The summed E-state index contributed by atoms with van der Waals surface area (Å²) in [5.74, 6) is -0.691. The van der Waals surface area contributed by atoms with Gasteiger partial charge in [-0.25, -0.2) is 0 Å². The summed E-state index contributed by atoms with van der Waals surface area (Å²) in [5.41, 5.74) is 0.758. The highest BCUT2D eigenvalue weighted by molar-refractivity contribution is 5.98. The zero-order chi connectivity index (χ0) is 18.9. The zero-order valence-electron chi connectivity index (χ0n) is 14.0. The molecule has 0 fully saturated rings. The number of alkyl halides is 2. The Bertz CT molecular complexity index is 768. The molecular weight excluding hydrogens is 346 g/mol. The Labute approximate surface area is 149 Å². The van der Waals surface area contributed by atoms with E-state index in [4.69, 9.17) is 4.74 Å². The van der Waals surface area contributed by atoms with Crippen LogP contribution in [0.25, 0.3) is 0 Å². The van der Waals surface area contributed by atoms with Crippen LogP contribution in [0.1, 0.15) is 15.9 Å². The standard InChI is InChI=1S/C18H18F2N2O4/c1-25-13-6-4-5-12(9-13)10-21-16(23)11-22-17(24)14-7-2-3-8-15(14)26-18(19)20/h2-9,18H,10-11H2,1H3,(H,21,23)(H,22,24). The first-order valence-corrected chi connectivity index (χ1v) is 7.71. The van der Waals surface area contributed by atoms with Gasteiger partial charge in [0.2, 0.25) is 5.91 Å². The minimum atomic E-state index is -3.05. The van der Waals surface area contributed by atoms with E-state index in [1.807, 2.05) is 6.07 Å². The van der Waals surface area contributed by atoms with Gasteiger partial charge >= 0.3 is 6.61 Å². The van der Waals surface area contributed by atoms with Gasteiger partial charge in [0.05, 0.1) is 19.2 Å². The lowest BCUT2D eigenvalue weighted by atomic mass is 10.2. The molecule has 26 heavy (non-hydrogen) atoms. The van der Waals surface area contributed by atoms with Crippen LogP contribution in [0.5, 0.6) is 11.5 Å². The Morgan fingerprint density at radius 1 is 1.08 bits per heavy atom. The van der Waals surface area contributed by atoms with Crippen LogP contribution < -0.4 is 20.1 Å². The highest BCUT2D eigenvalue weighted by Gasteiger charge is 2.15. The molecule has 2 N–H and O–H groups in total. The Morgan fingerprint density at radius 2 is 1.85 bits per heavy atom. The van der Waals surface area contributed by atoms with Crippen molar-refractivity contribution in [3.05, 3.63) is 59.7 Å². The summed E-state index contributed by atoms with van der Waals surface area (Å²) in [6, 6.07) is 12.7. The van der Waals surface area contributed by atoms with Crippen molar-refractivity contribution in [1.82, 2.24) is 10.6 Å². The Kier molecular flexibility index (Phi) is 6.90. The normalized spacial score (nSPS) is 10.3. The van der Waals surface area contributed by atoms with Crippen LogP contribution in [0.4, 0.5) is 8.78 Å². The predicted molar refractivity (Wildman–Crippen MR) is 90.2 cm³/mol. The van der Waals surface area contributed by atoms with E-state index in [0.717, 1.165) is 5.56 Å². The van der Waals surface area contributed by atoms with Crippen molar-refractivity contribution in [2.75, 3.05) is 13.7 Å². The third-order valence-corrected chi connectivity index (χ3v) is 3.38. The van der Waals surface area contributed by atoms with Gasteiger partial charge in [0.15, 0.2) is 0 Å². The molecule has 2 aromatic rings. The Hall–Kier alpha value is -3.16. The first kappa shape index (κ1) is 19.2. The van der Waals surface area contributed by atoms with Crippen molar-refractivity contribution in [3.63, 3.8) is 0 Å². The van der Waals surface area contributed by atoms with Gasteiger partial charge in [-0.2, -0.15) is 8.78 Å². The molecule has 0 bridgehead atoms. The van der Waals surface area contributed by atoms with E-state index in [1.54, 1.807) is 25.3 Å². The molecule has 138 valence electrons. The first-order chi connectivity index (χ1) is 12.5. The molecule has 0 saturated carbocycles. The molecule has 0 spiro atoms. The van der Waals surface area contributed by atoms with Crippen LogP contribution >= 0.6 is 0 Å². The van der Waals surface area contributed by atoms with E-state index in [-0.39, 0.29) is 24.4 Å². The Balaban J connectivity index is 1.86. The first-order valence-electron chi connectivity index (χ1n) is 7.71. The number of rotatable bonds is 8. The fraction of sp³-hybridized carbons (Fsp3) is 0.222. The van der Waals surface area contributed by atoms with Crippen LogP contribution in [0.15, 0.2) is 48.5 Å². The van der Waals surface area contributed by atoms with E-state index >= 15 is 0 Å². The summed E-state index contributed by atoms with van der Waals surface area (Å²) in [6.45, 7) is -3.09. The average Bonchev–Trinajstić information content (AvgIpc) is 2.64. The maximum absolute atomic E-state index is 12.4. The van der Waals surface area contributed by atoms with Crippen molar-refractivity contribution in [1.29, 1.82) is 0 Å². The van der Waals surface area contributed by atoms with E-state index in [1.165, 1.54) is 24.3 Å². The zero-order valence-corrected chi connectivity index (χ0v) is 14.0. The van der Waals surface area contributed by atoms with Crippen LogP contribution in [0, 0.1) is 0 Å². The third kappa shape index (κ3) is 5.73. The molecule has 2 amide bonds. The minimum absolute atomic E-state index is 0.0756. The van der Waals surface area contributed by atoms with Crippen molar-refractivity contribution in [3.8, 4) is 11.5 Å². The topological polar surface area (TPSA) is 76.7 Å². The number of para-hydroxylation sites is 1. The number of halogens is 2. The number of ether oxygens (including phenoxy) is 2. The quantitative estimate of drug-likeness (QED) is 0.754. The second-order valence-electron chi connectivity index (χ2n) is 5.19. The van der Waals surface area contributed by atoms with Crippen LogP contribution in [0.3, 0.4) is 0 Å². The van der Waals surface area contributed by atoms with E-state index in [0.29, 0.717) is 5.75 Å². The molecule has 0 aliphatic carbocycles. The van der Waals surface area contributed by atoms with Crippen molar-refractivity contribution in [2.24, 2.45) is 0 Å². The van der Waals surface area contributed by atoms with Crippen LogP contribution in [-0.4, -0.2) is 32.1 Å². The number of amides is 2. The summed E-state index contributed by atoms with van der Waals surface area (Å²) < 4.78 is 34.1. The van der Waals surface area contributed by atoms with Gasteiger partial charge in [-0.3, -0.25) is 9.59 Å². The SMILES string of the molecule is COc1cccc(CNC(=O)CNC(=O)c2ccccc2OC(F)F)c1. The third-order valence-electron chi connectivity index (χ3n) is 3.38. The second kappa shape index (κ2) is 9.36. The second-order valence-corrected chi connectivity index (χ2v) is 5.19.